The molecule has 1 heteroatoms. The predicted molar refractivity (Wildman–Crippen MR) is 79.2 cm³/mol. The highest BCUT2D eigenvalue weighted by molar-refractivity contribution is 6.94. The lowest BCUT2D eigenvalue weighted by Gasteiger charge is -2.24. The molecule has 1 aliphatic rings. The van der Waals surface area contributed by atoms with Gasteiger partial charge in [0.2, 0.25) is 0 Å². The molecular formula is C16H22Si. The first kappa shape index (κ1) is 12.4. The van der Waals surface area contributed by atoms with Crippen molar-refractivity contribution in [3.05, 3.63) is 53.8 Å². The molecule has 0 radical (unpaired) electrons. The van der Waals surface area contributed by atoms with Crippen molar-refractivity contribution >= 4 is 13.3 Å². The van der Waals surface area contributed by atoms with Crippen LogP contribution >= 0.6 is 0 Å². The molecule has 1 saturated carbocycles. The van der Waals surface area contributed by atoms with Gasteiger partial charge in [0.1, 0.15) is 8.07 Å². The maximum absolute atomic E-state index is 4.23. The Kier molecular flexibility index (Phi) is 3.68. The molecule has 0 nitrogen and oxygen atoms in total. The van der Waals surface area contributed by atoms with Crippen molar-refractivity contribution in [3.8, 4) is 0 Å². The van der Waals surface area contributed by atoms with E-state index in [1.807, 2.05) is 0 Å². The summed E-state index contributed by atoms with van der Waals surface area (Å²) < 4.78 is 0. The molecule has 0 heterocycles. The van der Waals surface area contributed by atoms with Crippen molar-refractivity contribution in [2.24, 2.45) is 0 Å². The van der Waals surface area contributed by atoms with Crippen LogP contribution in [0.25, 0.3) is 0 Å². The average Bonchev–Trinajstić information content (AvgIpc) is 2.33. The second-order valence-electron chi connectivity index (χ2n) is 5.57. The van der Waals surface area contributed by atoms with Gasteiger partial charge in [0, 0.05) is 0 Å². The van der Waals surface area contributed by atoms with Gasteiger partial charge < -0.3 is 0 Å². The minimum absolute atomic E-state index is 1.20. The summed E-state index contributed by atoms with van der Waals surface area (Å²) in [6, 6.07) is 10.9. The van der Waals surface area contributed by atoms with Gasteiger partial charge in [-0.25, -0.2) is 0 Å². The second-order valence-corrected chi connectivity index (χ2v) is 9.88. The van der Waals surface area contributed by atoms with Crippen LogP contribution in [-0.4, -0.2) is 8.07 Å². The first-order valence-electron chi connectivity index (χ1n) is 6.55. The molecule has 0 bridgehead atoms. The third-order valence-corrected chi connectivity index (χ3v) is 6.57. The quantitative estimate of drug-likeness (QED) is 0.682. The third kappa shape index (κ3) is 2.98. The van der Waals surface area contributed by atoms with E-state index >= 15 is 0 Å². The van der Waals surface area contributed by atoms with E-state index in [1.165, 1.54) is 42.0 Å². The molecule has 0 saturated heterocycles. The Morgan fingerprint density at radius 3 is 2.35 bits per heavy atom. The molecule has 1 aromatic rings. The van der Waals surface area contributed by atoms with Crippen LogP contribution in [0.15, 0.2) is 53.8 Å². The van der Waals surface area contributed by atoms with Gasteiger partial charge in [-0.05, 0) is 25.7 Å². The molecule has 0 spiro atoms. The second kappa shape index (κ2) is 5.05. The average molecular weight is 242 g/mol. The van der Waals surface area contributed by atoms with Gasteiger partial charge in [0.05, 0.1) is 0 Å². The van der Waals surface area contributed by atoms with Crippen molar-refractivity contribution in [2.75, 3.05) is 0 Å². The molecule has 0 unspecified atom stereocenters. The minimum Gasteiger partial charge on any atom is -0.0956 e. The Labute approximate surface area is 106 Å². The number of allylic oxidation sites excluding steroid dienone is 2. The van der Waals surface area contributed by atoms with E-state index in [0.717, 1.165) is 0 Å². The Morgan fingerprint density at radius 1 is 1.06 bits per heavy atom. The first-order chi connectivity index (χ1) is 8.09. The summed E-state index contributed by atoms with van der Waals surface area (Å²) in [7, 11) is -1.43. The smallest absolute Gasteiger partial charge is 0.0956 e. The summed E-state index contributed by atoms with van der Waals surface area (Å²) in [5.74, 6) is 0. The van der Waals surface area contributed by atoms with Crippen molar-refractivity contribution in [1.29, 1.82) is 0 Å². The van der Waals surface area contributed by atoms with Crippen molar-refractivity contribution in [3.63, 3.8) is 0 Å². The SMILES string of the molecule is C=C1CCCC/C1=C/[Si](C)(C)c1ccccc1. The zero-order valence-electron chi connectivity index (χ0n) is 11.0. The van der Waals surface area contributed by atoms with E-state index in [0.29, 0.717) is 0 Å². The molecule has 2 rings (SSSR count). The molecule has 1 aromatic carbocycles. The van der Waals surface area contributed by atoms with Crippen molar-refractivity contribution in [2.45, 2.75) is 38.8 Å². The van der Waals surface area contributed by atoms with E-state index < -0.39 is 8.07 Å². The minimum atomic E-state index is -1.43. The maximum Gasteiger partial charge on any atom is 0.104 e. The molecule has 0 aliphatic heterocycles. The zero-order valence-corrected chi connectivity index (χ0v) is 12.0. The summed E-state index contributed by atoms with van der Waals surface area (Å²) >= 11 is 0. The largest absolute Gasteiger partial charge is 0.104 e. The molecule has 0 aromatic heterocycles. The van der Waals surface area contributed by atoms with Crippen LogP contribution in [0.5, 0.6) is 0 Å². The van der Waals surface area contributed by atoms with Crippen LogP contribution in [0.4, 0.5) is 0 Å². The Balaban J connectivity index is 2.27. The number of benzene rings is 1. The Hall–Kier alpha value is -1.08. The Morgan fingerprint density at radius 2 is 1.71 bits per heavy atom. The summed E-state index contributed by atoms with van der Waals surface area (Å²) in [4.78, 5) is 0. The zero-order chi connectivity index (χ0) is 12.3. The summed E-state index contributed by atoms with van der Waals surface area (Å²) in [5, 5.41) is 1.52. The van der Waals surface area contributed by atoms with Crippen LogP contribution in [0.2, 0.25) is 13.1 Å². The lowest BCUT2D eigenvalue weighted by atomic mass is 9.92. The Bertz CT molecular complexity index is 426. The molecule has 17 heavy (non-hydrogen) atoms. The van der Waals surface area contributed by atoms with E-state index in [2.05, 4.69) is 55.7 Å². The lowest BCUT2D eigenvalue weighted by Crippen LogP contribution is -2.39. The fraction of sp³-hybridized carbons (Fsp3) is 0.375. The molecule has 90 valence electrons. The van der Waals surface area contributed by atoms with E-state index in [1.54, 1.807) is 0 Å². The molecule has 0 atom stereocenters. The maximum atomic E-state index is 4.23. The van der Waals surface area contributed by atoms with Crippen LogP contribution in [-0.2, 0) is 0 Å². The highest BCUT2D eigenvalue weighted by atomic mass is 28.3. The monoisotopic (exact) mass is 242 g/mol. The fourth-order valence-electron chi connectivity index (χ4n) is 2.55. The van der Waals surface area contributed by atoms with E-state index in [-0.39, 0.29) is 0 Å². The topological polar surface area (TPSA) is 0 Å². The van der Waals surface area contributed by atoms with E-state index in [4.69, 9.17) is 0 Å². The molecular weight excluding hydrogens is 220 g/mol. The van der Waals surface area contributed by atoms with Crippen LogP contribution in [0.1, 0.15) is 25.7 Å². The van der Waals surface area contributed by atoms with Gasteiger partial charge in [-0.15, -0.1) is 0 Å². The summed E-state index contributed by atoms with van der Waals surface area (Å²) in [6.07, 6.45) is 5.10. The molecule has 1 aliphatic carbocycles. The van der Waals surface area contributed by atoms with Crippen LogP contribution < -0.4 is 5.19 Å². The number of hydrogen-bond acceptors (Lipinski definition) is 0. The summed E-state index contributed by atoms with van der Waals surface area (Å²) in [6.45, 7) is 9.08. The third-order valence-electron chi connectivity index (χ3n) is 3.68. The highest BCUT2D eigenvalue weighted by Crippen LogP contribution is 2.28. The van der Waals surface area contributed by atoms with Crippen LogP contribution in [0.3, 0.4) is 0 Å². The molecule has 0 N–H and O–H groups in total. The van der Waals surface area contributed by atoms with Gasteiger partial charge >= 0.3 is 0 Å². The van der Waals surface area contributed by atoms with E-state index in [9.17, 15) is 0 Å². The fourth-order valence-corrected chi connectivity index (χ4v) is 4.99. The van der Waals surface area contributed by atoms with Gasteiger partial charge in [-0.2, -0.15) is 0 Å². The number of hydrogen-bond donors (Lipinski definition) is 0. The molecule has 0 amide bonds. The first-order valence-corrected chi connectivity index (χ1v) is 9.63. The summed E-state index contributed by atoms with van der Waals surface area (Å²) in [5.41, 5.74) is 5.48. The highest BCUT2D eigenvalue weighted by Gasteiger charge is 2.22. The normalized spacial score (nSPS) is 19.6. The van der Waals surface area contributed by atoms with Crippen molar-refractivity contribution in [1.82, 2.24) is 0 Å². The van der Waals surface area contributed by atoms with Gasteiger partial charge in [0.25, 0.3) is 0 Å². The van der Waals surface area contributed by atoms with Gasteiger partial charge in [0.15, 0.2) is 0 Å². The van der Waals surface area contributed by atoms with Gasteiger partial charge in [-0.1, -0.05) is 72.0 Å². The predicted octanol–water partition coefficient (Wildman–Crippen LogP) is 4.20. The standard InChI is InChI=1S/C16H22Si/c1-14-9-7-8-10-15(14)13-17(2,3)16-11-5-4-6-12-16/h4-6,11-13H,1,7-10H2,2-3H3/b15-13-. The van der Waals surface area contributed by atoms with Crippen LogP contribution in [0, 0.1) is 0 Å². The lowest BCUT2D eigenvalue weighted by molar-refractivity contribution is 0.681. The van der Waals surface area contributed by atoms with Crippen molar-refractivity contribution < 1.29 is 0 Å². The van der Waals surface area contributed by atoms with Gasteiger partial charge in [-0.3, -0.25) is 0 Å². The molecule has 1 fully saturated rings. The number of rotatable bonds is 2.